The molecule has 0 saturated carbocycles. The van der Waals surface area contributed by atoms with Crippen molar-refractivity contribution in [2.75, 3.05) is 5.32 Å². The average molecular weight is 434 g/mol. The molecule has 0 atom stereocenters. The number of benzene rings is 4. The Hall–Kier alpha value is -4.38. The highest BCUT2D eigenvalue weighted by Crippen LogP contribution is 2.35. The molecular formula is C28H23N3O2. The number of nitrogens with one attached hydrogen (secondary N) is 1. The van der Waals surface area contributed by atoms with Crippen molar-refractivity contribution in [1.82, 2.24) is 4.57 Å². The summed E-state index contributed by atoms with van der Waals surface area (Å²) in [5, 5.41) is 4.66. The van der Waals surface area contributed by atoms with E-state index in [9.17, 15) is 9.59 Å². The summed E-state index contributed by atoms with van der Waals surface area (Å²) in [5.74, 6) is -0.538. The SMILES string of the molecule is CC(=O)Nc1ccc(Cn2c3cc(-c4ccccc4)ccc3c3c(C(N)=O)cccc32)cc1. The Morgan fingerprint density at radius 3 is 2.27 bits per heavy atom. The van der Waals surface area contributed by atoms with Gasteiger partial charge in [-0.3, -0.25) is 9.59 Å². The maximum Gasteiger partial charge on any atom is 0.249 e. The van der Waals surface area contributed by atoms with Gasteiger partial charge in [-0.25, -0.2) is 0 Å². The first-order chi connectivity index (χ1) is 16.0. The third-order valence-corrected chi connectivity index (χ3v) is 5.88. The molecular weight excluding hydrogens is 410 g/mol. The molecule has 1 aromatic heterocycles. The van der Waals surface area contributed by atoms with Crippen LogP contribution < -0.4 is 11.1 Å². The van der Waals surface area contributed by atoms with Crippen LogP contribution in [-0.4, -0.2) is 16.4 Å². The van der Waals surface area contributed by atoms with Gasteiger partial charge in [-0.2, -0.15) is 0 Å². The first-order valence-electron chi connectivity index (χ1n) is 10.8. The monoisotopic (exact) mass is 433 g/mol. The van der Waals surface area contributed by atoms with Crippen molar-refractivity contribution in [3.8, 4) is 11.1 Å². The molecule has 4 aromatic carbocycles. The van der Waals surface area contributed by atoms with E-state index in [1.807, 2.05) is 54.6 Å². The van der Waals surface area contributed by atoms with Crippen molar-refractivity contribution in [3.63, 3.8) is 0 Å². The summed E-state index contributed by atoms with van der Waals surface area (Å²) in [6.07, 6.45) is 0. The molecule has 0 aliphatic carbocycles. The maximum absolute atomic E-state index is 12.2. The number of aromatic nitrogens is 1. The Kier molecular flexibility index (Phi) is 5.15. The highest BCUT2D eigenvalue weighted by Gasteiger charge is 2.17. The summed E-state index contributed by atoms with van der Waals surface area (Å²) >= 11 is 0. The zero-order chi connectivity index (χ0) is 22.9. The van der Waals surface area contributed by atoms with Crippen LogP contribution in [0, 0.1) is 0 Å². The highest BCUT2D eigenvalue weighted by molar-refractivity contribution is 6.18. The first-order valence-corrected chi connectivity index (χ1v) is 10.8. The van der Waals surface area contributed by atoms with Crippen molar-refractivity contribution in [2.45, 2.75) is 13.5 Å². The third-order valence-electron chi connectivity index (χ3n) is 5.88. The van der Waals surface area contributed by atoms with Gasteiger partial charge in [0, 0.05) is 35.5 Å². The molecule has 0 saturated heterocycles. The summed E-state index contributed by atoms with van der Waals surface area (Å²) in [6.45, 7) is 2.10. The second kappa shape index (κ2) is 8.28. The van der Waals surface area contributed by atoms with E-state index in [0.29, 0.717) is 12.1 Å². The van der Waals surface area contributed by atoms with Gasteiger partial charge in [0.25, 0.3) is 0 Å². The highest BCUT2D eigenvalue weighted by atomic mass is 16.1. The van der Waals surface area contributed by atoms with Gasteiger partial charge in [0.2, 0.25) is 11.8 Å². The number of hydrogen-bond donors (Lipinski definition) is 2. The fourth-order valence-corrected chi connectivity index (χ4v) is 4.41. The van der Waals surface area contributed by atoms with E-state index in [1.165, 1.54) is 6.92 Å². The molecule has 0 fully saturated rings. The minimum Gasteiger partial charge on any atom is -0.366 e. The van der Waals surface area contributed by atoms with Crippen molar-refractivity contribution in [2.24, 2.45) is 5.73 Å². The summed E-state index contributed by atoms with van der Waals surface area (Å²) in [7, 11) is 0. The Bertz CT molecular complexity index is 1500. The van der Waals surface area contributed by atoms with E-state index in [4.69, 9.17) is 5.73 Å². The predicted octanol–water partition coefficient (Wildman–Crippen LogP) is 5.57. The van der Waals surface area contributed by atoms with E-state index >= 15 is 0 Å². The van der Waals surface area contributed by atoms with Gasteiger partial charge in [0.05, 0.1) is 11.0 Å². The molecule has 2 amide bonds. The average Bonchev–Trinajstić information content (AvgIpc) is 3.13. The van der Waals surface area contributed by atoms with E-state index in [1.54, 1.807) is 6.07 Å². The molecule has 0 spiro atoms. The standard InChI is InChI=1S/C28H23N3O2/c1-18(32)30-22-13-10-19(11-14-22)17-31-25-9-5-8-24(28(29)33)27(25)23-15-12-21(16-26(23)31)20-6-3-2-4-7-20/h2-16H,17H2,1H3,(H2,29,33)(H,30,32). The second-order valence-corrected chi connectivity index (χ2v) is 8.13. The van der Waals surface area contributed by atoms with Gasteiger partial charge in [-0.1, -0.05) is 60.7 Å². The molecule has 0 aliphatic heterocycles. The van der Waals surface area contributed by atoms with E-state index in [2.05, 4.69) is 40.2 Å². The number of carbonyl (C=O) groups is 2. The van der Waals surface area contributed by atoms with E-state index < -0.39 is 5.91 Å². The molecule has 5 rings (SSSR count). The molecule has 0 aliphatic rings. The molecule has 33 heavy (non-hydrogen) atoms. The van der Waals surface area contributed by atoms with Gasteiger partial charge < -0.3 is 15.6 Å². The summed E-state index contributed by atoms with van der Waals surface area (Å²) in [5.41, 5.74) is 12.3. The minimum atomic E-state index is -0.438. The van der Waals surface area contributed by atoms with Crippen LogP contribution in [0.5, 0.6) is 0 Å². The van der Waals surface area contributed by atoms with E-state index in [-0.39, 0.29) is 5.91 Å². The van der Waals surface area contributed by atoms with Crippen LogP contribution in [0.25, 0.3) is 32.9 Å². The van der Waals surface area contributed by atoms with Crippen LogP contribution in [0.2, 0.25) is 0 Å². The number of anilines is 1. The van der Waals surface area contributed by atoms with Crippen LogP contribution in [0.4, 0.5) is 5.69 Å². The van der Waals surface area contributed by atoms with Crippen molar-refractivity contribution < 1.29 is 9.59 Å². The number of rotatable bonds is 5. The number of nitrogens with zero attached hydrogens (tertiary/aromatic N) is 1. The van der Waals surface area contributed by atoms with Gasteiger partial charge in [0.15, 0.2) is 0 Å². The predicted molar refractivity (Wildman–Crippen MR) is 133 cm³/mol. The topological polar surface area (TPSA) is 77.1 Å². The zero-order valence-corrected chi connectivity index (χ0v) is 18.2. The smallest absolute Gasteiger partial charge is 0.249 e. The number of primary amides is 1. The molecule has 3 N–H and O–H groups in total. The Morgan fingerprint density at radius 1 is 0.818 bits per heavy atom. The molecule has 0 bridgehead atoms. The lowest BCUT2D eigenvalue weighted by Crippen LogP contribution is -2.11. The summed E-state index contributed by atoms with van der Waals surface area (Å²) in [6, 6.07) is 30.0. The van der Waals surface area contributed by atoms with E-state index in [0.717, 1.165) is 44.2 Å². The Balaban J connectivity index is 1.70. The van der Waals surface area contributed by atoms with Gasteiger partial charge >= 0.3 is 0 Å². The quantitative estimate of drug-likeness (QED) is 0.380. The third kappa shape index (κ3) is 3.85. The Labute approximate surface area is 191 Å². The van der Waals surface area contributed by atoms with Gasteiger partial charge in [-0.15, -0.1) is 0 Å². The number of fused-ring (bicyclic) bond motifs is 3. The maximum atomic E-state index is 12.2. The van der Waals surface area contributed by atoms with Crippen LogP contribution in [0.1, 0.15) is 22.8 Å². The van der Waals surface area contributed by atoms with Crippen LogP contribution in [0.15, 0.2) is 91.0 Å². The van der Waals surface area contributed by atoms with Gasteiger partial charge in [0.1, 0.15) is 0 Å². The molecule has 5 aromatic rings. The minimum absolute atomic E-state index is 0.0995. The fourth-order valence-electron chi connectivity index (χ4n) is 4.41. The largest absolute Gasteiger partial charge is 0.366 e. The van der Waals surface area contributed by atoms with Crippen LogP contribution in [0.3, 0.4) is 0 Å². The lowest BCUT2D eigenvalue weighted by molar-refractivity contribution is -0.114. The normalized spacial score (nSPS) is 11.1. The summed E-state index contributed by atoms with van der Waals surface area (Å²) in [4.78, 5) is 23.5. The van der Waals surface area contributed by atoms with Crippen LogP contribution in [-0.2, 0) is 11.3 Å². The van der Waals surface area contributed by atoms with Crippen molar-refractivity contribution in [3.05, 3.63) is 102 Å². The first kappa shape index (κ1) is 20.5. The molecule has 0 radical (unpaired) electrons. The second-order valence-electron chi connectivity index (χ2n) is 8.13. The molecule has 0 unspecified atom stereocenters. The number of carbonyl (C=O) groups excluding carboxylic acids is 2. The van der Waals surface area contributed by atoms with Crippen molar-refractivity contribution >= 4 is 39.3 Å². The van der Waals surface area contributed by atoms with Crippen LogP contribution >= 0.6 is 0 Å². The summed E-state index contributed by atoms with van der Waals surface area (Å²) < 4.78 is 2.22. The molecule has 5 nitrogen and oxygen atoms in total. The Morgan fingerprint density at radius 2 is 1.58 bits per heavy atom. The lowest BCUT2D eigenvalue weighted by Gasteiger charge is -2.10. The molecule has 5 heteroatoms. The molecule has 1 heterocycles. The number of amides is 2. The zero-order valence-electron chi connectivity index (χ0n) is 18.2. The number of hydrogen-bond acceptors (Lipinski definition) is 2. The molecule has 162 valence electrons. The number of nitrogens with two attached hydrogens (primary N) is 1. The van der Waals surface area contributed by atoms with Gasteiger partial charge in [-0.05, 0) is 47.0 Å². The lowest BCUT2D eigenvalue weighted by atomic mass is 10.0. The van der Waals surface area contributed by atoms with Crippen molar-refractivity contribution in [1.29, 1.82) is 0 Å². The fraction of sp³-hybridized carbons (Fsp3) is 0.0714.